The van der Waals surface area contributed by atoms with E-state index >= 15 is 0 Å². The maximum atomic E-state index is 8.78. The molecule has 0 radical (unpaired) electrons. The molecule has 0 aliphatic heterocycles. The number of aliphatic imine (C=N–C) groups is 1. The molecule has 2 rings (SSSR count). The second-order valence-corrected chi connectivity index (χ2v) is 5.04. The predicted molar refractivity (Wildman–Crippen MR) is 89.6 cm³/mol. The van der Waals surface area contributed by atoms with Gasteiger partial charge in [-0.25, -0.2) is 4.98 Å². The summed E-state index contributed by atoms with van der Waals surface area (Å²) < 4.78 is 2.09. The molecule has 0 aromatic carbocycles. The van der Waals surface area contributed by atoms with Crippen molar-refractivity contribution in [3.63, 3.8) is 0 Å². The summed E-state index contributed by atoms with van der Waals surface area (Å²) in [5.41, 5.74) is 0.849. The molecule has 2 N–H and O–H groups in total. The first kappa shape index (κ1) is 16.5. The van der Waals surface area contributed by atoms with Crippen molar-refractivity contribution in [3.8, 4) is 6.19 Å². The van der Waals surface area contributed by atoms with E-state index in [0.717, 1.165) is 37.9 Å². The van der Waals surface area contributed by atoms with Gasteiger partial charge in [-0.3, -0.25) is 15.3 Å². The maximum absolute atomic E-state index is 8.78. The zero-order valence-corrected chi connectivity index (χ0v) is 13.0. The van der Waals surface area contributed by atoms with Gasteiger partial charge in [0.25, 0.3) is 0 Å². The van der Waals surface area contributed by atoms with E-state index in [1.165, 1.54) is 0 Å². The average molecular weight is 311 g/mol. The second-order valence-electron chi connectivity index (χ2n) is 5.04. The highest BCUT2D eigenvalue weighted by Crippen LogP contribution is 2.04. The van der Waals surface area contributed by atoms with E-state index in [-0.39, 0.29) is 0 Å². The lowest BCUT2D eigenvalue weighted by Gasteiger charge is -2.07. The molecular formula is C16H21N7. The molecule has 2 aromatic rings. The van der Waals surface area contributed by atoms with Crippen molar-refractivity contribution < 1.29 is 0 Å². The van der Waals surface area contributed by atoms with Crippen LogP contribution in [0.2, 0.25) is 0 Å². The Labute approximate surface area is 136 Å². The molecule has 0 unspecified atom stereocenters. The van der Waals surface area contributed by atoms with Crippen LogP contribution in [0.1, 0.15) is 25.7 Å². The summed E-state index contributed by atoms with van der Waals surface area (Å²) in [7, 11) is 0. The number of imidazole rings is 1. The summed E-state index contributed by atoms with van der Waals surface area (Å²) in [4.78, 5) is 12.4. The first-order valence-electron chi connectivity index (χ1n) is 7.71. The molecule has 7 nitrogen and oxygen atoms in total. The lowest BCUT2D eigenvalue weighted by molar-refractivity contribution is 0.574. The van der Waals surface area contributed by atoms with Crippen LogP contribution in [0.3, 0.4) is 0 Å². The molecule has 0 fully saturated rings. The fourth-order valence-electron chi connectivity index (χ4n) is 2.10. The van der Waals surface area contributed by atoms with Crippen molar-refractivity contribution in [3.05, 3.63) is 43.2 Å². The van der Waals surface area contributed by atoms with Gasteiger partial charge in [-0.15, -0.1) is 0 Å². The SMILES string of the molecule is N#CNC(=NCCCCCCn1ccnc1)Nc1ccncc1. The van der Waals surface area contributed by atoms with Crippen LogP contribution in [-0.2, 0) is 6.54 Å². The number of aromatic nitrogens is 3. The van der Waals surface area contributed by atoms with Gasteiger partial charge in [0.05, 0.1) is 6.33 Å². The van der Waals surface area contributed by atoms with Crippen LogP contribution >= 0.6 is 0 Å². The molecule has 120 valence electrons. The summed E-state index contributed by atoms with van der Waals surface area (Å²) in [6.07, 6.45) is 15.3. The Hall–Kier alpha value is -2.88. The smallest absolute Gasteiger partial charge is 0.209 e. The summed E-state index contributed by atoms with van der Waals surface area (Å²) in [6.45, 7) is 1.70. The lowest BCUT2D eigenvalue weighted by Crippen LogP contribution is -2.27. The molecule has 23 heavy (non-hydrogen) atoms. The number of pyridine rings is 1. The van der Waals surface area contributed by atoms with Crippen molar-refractivity contribution in [1.82, 2.24) is 19.9 Å². The molecule has 0 saturated heterocycles. The van der Waals surface area contributed by atoms with Crippen LogP contribution in [0.4, 0.5) is 5.69 Å². The zero-order valence-electron chi connectivity index (χ0n) is 13.0. The van der Waals surface area contributed by atoms with Crippen molar-refractivity contribution in [2.75, 3.05) is 11.9 Å². The normalized spacial score (nSPS) is 11.0. The zero-order chi connectivity index (χ0) is 16.2. The van der Waals surface area contributed by atoms with E-state index in [2.05, 4.69) is 30.2 Å². The largest absolute Gasteiger partial charge is 0.337 e. The first-order valence-corrected chi connectivity index (χ1v) is 7.71. The summed E-state index contributed by atoms with van der Waals surface area (Å²) in [5.74, 6) is 0.470. The molecule has 2 heterocycles. The molecule has 0 atom stereocenters. The van der Waals surface area contributed by atoms with Crippen molar-refractivity contribution in [2.24, 2.45) is 4.99 Å². The van der Waals surface area contributed by atoms with Gasteiger partial charge in [0.15, 0.2) is 6.19 Å². The van der Waals surface area contributed by atoms with E-state index in [0.29, 0.717) is 12.5 Å². The maximum Gasteiger partial charge on any atom is 0.209 e. The highest BCUT2D eigenvalue weighted by atomic mass is 15.2. The summed E-state index contributed by atoms with van der Waals surface area (Å²) in [5, 5.41) is 14.4. The van der Waals surface area contributed by atoms with E-state index in [1.54, 1.807) is 18.6 Å². The van der Waals surface area contributed by atoms with Gasteiger partial charge in [-0.1, -0.05) is 12.8 Å². The van der Waals surface area contributed by atoms with Crippen molar-refractivity contribution in [1.29, 1.82) is 5.26 Å². The number of rotatable bonds is 8. The number of aryl methyl sites for hydroxylation is 1. The Morgan fingerprint density at radius 3 is 2.70 bits per heavy atom. The molecular weight excluding hydrogens is 290 g/mol. The van der Waals surface area contributed by atoms with Gasteiger partial charge in [0.1, 0.15) is 0 Å². The fourth-order valence-corrected chi connectivity index (χ4v) is 2.10. The minimum Gasteiger partial charge on any atom is -0.337 e. The molecule has 0 amide bonds. The minimum absolute atomic E-state index is 0.470. The number of guanidine groups is 1. The molecule has 0 saturated carbocycles. The highest BCUT2D eigenvalue weighted by Gasteiger charge is 1.98. The Bertz CT molecular complexity index is 614. The third-order valence-electron chi connectivity index (χ3n) is 3.27. The fraction of sp³-hybridized carbons (Fsp3) is 0.375. The van der Waals surface area contributed by atoms with Gasteiger partial charge in [-0.2, -0.15) is 5.26 Å². The van der Waals surface area contributed by atoms with Gasteiger partial charge in [-0.05, 0) is 25.0 Å². The molecule has 2 aromatic heterocycles. The van der Waals surface area contributed by atoms with E-state index < -0.39 is 0 Å². The number of hydrogen-bond donors (Lipinski definition) is 2. The highest BCUT2D eigenvalue weighted by molar-refractivity contribution is 5.94. The topological polar surface area (TPSA) is 90.9 Å². The molecule has 0 aliphatic carbocycles. The predicted octanol–water partition coefficient (Wildman–Crippen LogP) is 2.38. The summed E-state index contributed by atoms with van der Waals surface area (Å²) >= 11 is 0. The molecule has 0 bridgehead atoms. The molecule has 0 aliphatic rings. The molecule has 0 spiro atoms. The van der Waals surface area contributed by atoms with Gasteiger partial charge in [0, 0.05) is 43.6 Å². The van der Waals surface area contributed by atoms with Crippen LogP contribution in [0.5, 0.6) is 0 Å². The van der Waals surface area contributed by atoms with Crippen molar-refractivity contribution >= 4 is 11.6 Å². The van der Waals surface area contributed by atoms with Crippen LogP contribution in [0.25, 0.3) is 0 Å². The average Bonchev–Trinajstić information content (AvgIpc) is 3.08. The standard InChI is InChI=1S/C16H21N7/c17-13-21-16(22-15-5-8-18-9-6-15)20-7-3-1-2-4-11-23-12-10-19-14-23/h5-6,8-10,12,14H,1-4,7,11H2,(H2,18,20,21,22). The Morgan fingerprint density at radius 1 is 1.13 bits per heavy atom. The third kappa shape index (κ3) is 6.61. The third-order valence-corrected chi connectivity index (χ3v) is 3.27. The lowest BCUT2D eigenvalue weighted by atomic mass is 10.2. The number of nitriles is 1. The Kier molecular flexibility index (Phi) is 7.13. The minimum atomic E-state index is 0.470. The number of nitrogens with one attached hydrogen (secondary N) is 2. The second kappa shape index (κ2) is 9.95. The van der Waals surface area contributed by atoms with Gasteiger partial charge >= 0.3 is 0 Å². The number of nitrogens with zero attached hydrogens (tertiary/aromatic N) is 5. The number of anilines is 1. The summed E-state index contributed by atoms with van der Waals surface area (Å²) in [6, 6.07) is 3.65. The van der Waals surface area contributed by atoms with Gasteiger partial charge < -0.3 is 9.88 Å². The first-order chi connectivity index (χ1) is 11.4. The van der Waals surface area contributed by atoms with Crippen LogP contribution in [-0.4, -0.2) is 27.0 Å². The number of hydrogen-bond acceptors (Lipinski definition) is 4. The molecule has 7 heteroatoms. The monoisotopic (exact) mass is 311 g/mol. The van der Waals surface area contributed by atoms with E-state index in [9.17, 15) is 0 Å². The Morgan fingerprint density at radius 2 is 1.96 bits per heavy atom. The van der Waals surface area contributed by atoms with Crippen LogP contribution in [0.15, 0.2) is 48.2 Å². The van der Waals surface area contributed by atoms with Gasteiger partial charge in [0.2, 0.25) is 5.96 Å². The van der Waals surface area contributed by atoms with Crippen LogP contribution < -0.4 is 10.6 Å². The number of unbranched alkanes of at least 4 members (excludes halogenated alkanes) is 3. The quantitative estimate of drug-likeness (QED) is 0.257. The van der Waals surface area contributed by atoms with Crippen LogP contribution in [0, 0.1) is 11.5 Å². The van der Waals surface area contributed by atoms with E-state index in [4.69, 9.17) is 5.26 Å². The Balaban J connectivity index is 1.64. The van der Waals surface area contributed by atoms with E-state index in [1.807, 2.05) is 30.9 Å². The van der Waals surface area contributed by atoms with Crippen molar-refractivity contribution in [2.45, 2.75) is 32.2 Å².